The molecule has 0 amide bonds. The summed E-state index contributed by atoms with van der Waals surface area (Å²) < 4.78 is 3.72. The summed E-state index contributed by atoms with van der Waals surface area (Å²) in [6.45, 7) is 4.30. The van der Waals surface area contributed by atoms with E-state index in [1.54, 1.807) is 0 Å². The third-order valence-electron chi connectivity index (χ3n) is 3.59. The normalized spacial score (nSPS) is 22.6. The Kier molecular flexibility index (Phi) is 6.73. The molecule has 0 bridgehead atoms. The predicted octanol–water partition coefficient (Wildman–Crippen LogP) is 7.32. The number of aromatic nitrogens is 1. The maximum atomic E-state index is 4.90. The first-order chi connectivity index (χ1) is 11.7. The van der Waals surface area contributed by atoms with Gasteiger partial charge in [0.05, 0.1) is 11.4 Å². The fourth-order valence-electron chi connectivity index (χ4n) is 2.22. The molecule has 4 rings (SSSR count). The van der Waals surface area contributed by atoms with Crippen LogP contribution in [0.3, 0.4) is 0 Å². The molecule has 2 atom stereocenters. The number of hydrogen-bond acceptors (Lipinski definition) is 5. The highest BCUT2D eigenvalue weighted by molar-refractivity contribution is 9.41. The van der Waals surface area contributed by atoms with Gasteiger partial charge in [0, 0.05) is 31.7 Å². The summed E-state index contributed by atoms with van der Waals surface area (Å²) in [4.78, 5) is 7.70. The summed E-state index contributed by atoms with van der Waals surface area (Å²) in [7, 11) is 3.29. The fraction of sp³-hybridized carbons (Fsp3) is 0.118. The Morgan fingerprint density at radius 1 is 0.840 bits per heavy atom. The first-order valence-corrected chi connectivity index (χ1v) is 14.5. The number of halogens is 1. The van der Waals surface area contributed by atoms with Gasteiger partial charge in [0.1, 0.15) is 4.34 Å². The van der Waals surface area contributed by atoms with Crippen molar-refractivity contribution in [2.24, 2.45) is 0 Å². The third kappa shape index (κ3) is 4.20. The van der Waals surface area contributed by atoms with E-state index in [1.165, 1.54) is 25.5 Å². The molecule has 2 nitrogen and oxygen atoms in total. The molecule has 8 heteroatoms. The highest BCUT2D eigenvalue weighted by atomic mass is 79.9. The van der Waals surface area contributed by atoms with E-state index in [2.05, 4.69) is 78.2 Å². The molecule has 2 heterocycles. The molecule has 1 saturated heterocycles. The highest BCUT2D eigenvalue weighted by Gasteiger charge is 2.34. The quantitative estimate of drug-likeness (QED) is 0.227. The average Bonchev–Trinajstić information content (AvgIpc) is 3.21. The zero-order valence-electron chi connectivity index (χ0n) is 13.7. The molecule has 134 valence electrons. The lowest BCUT2D eigenvalue weighted by Crippen LogP contribution is -1.95. The standard InChI is InChI=1S/C17H18N2S5.BrH/c1-13-14(2)20-17(18-13)24-22-19(15-9-5-3-6-10-15)21-23(24)16-11-7-4-8-12-16;/h3-12,23-24H,1-2H3;1H. The van der Waals surface area contributed by atoms with Crippen LogP contribution < -0.4 is 3.71 Å². The number of aryl methyl sites for hydroxylation is 2. The molecule has 1 aliphatic rings. The van der Waals surface area contributed by atoms with Gasteiger partial charge >= 0.3 is 0 Å². The molecule has 0 spiro atoms. The van der Waals surface area contributed by atoms with Crippen molar-refractivity contribution in [1.82, 2.24) is 4.98 Å². The largest absolute Gasteiger partial charge is 0.240 e. The number of thiazole rings is 1. The Labute approximate surface area is 175 Å². The van der Waals surface area contributed by atoms with Crippen LogP contribution in [0.4, 0.5) is 5.69 Å². The Morgan fingerprint density at radius 2 is 1.44 bits per heavy atom. The topological polar surface area (TPSA) is 16.1 Å². The summed E-state index contributed by atoms with van der Waals surface area (Å²) in [5.74, 6) is 0. The molecule has 1 fully saturated rings. The molecule has 2 aromatic carbocycles. The highest BCUT2D eigenvalue weighted by Crippen LogP contribution is 2.84. The monoisotopic (exact) mass is 490 g/mol. The van der Waals surface area contributed by atoms with Crippen molar-refractivity contribution in [3.8, 4) is 0 Å². The summed E-state index contributed by atoms with van der Waals surface area (Å²) in [5.41, 5.74) is 2.45. The minimum absolute atomic E-state index is 0. The average molecular weight is 492 g/mol. The fourth-order valence-corrected chi connectivity index (χ4v) is 21.2. The molecule has 0 N–H and O–H groups in total. The van der Waals surface area contributed by atoms with Crippen LogP contribution in [0.1, 0.15) is 10.6 Å². The third-order valence-corrected chi connectivity index (χ3v) is 20.2. The molecule has 1 aliphatic heterocycles. The van der Waals surface area contributed by atoms with E-state index in [0.29, 0.717) is 0 Å². The van der Waals surface area contributed by atoms with Gasteiger partial charge in [0.25, 0.3) is 0 Å². The second kappa shape index (κ2) is 8.63. The van der Waals surface area contributed by atoms with Crippen molar-refractivity contribution in [3.05, 3.63) is 71.2 Å². The Morgan fingerprint density at radius 3 is 2.04 bits per heavy atom. The Hall–Kier alpha value is -0.250. The summed E-state index contributed by atoms with van der Waals surface area (Å²) in [6.07, 6.45) is 0. The number of benzene rings is 2. The SMILES string of the molecule is Br.Cc1nc([SH]2SN(c3ccccc3)S[SH]2c2ccccc2)sc1C. The van der Waals surface area contributed by atoms with Gasteiger partial charge < -0.3 is 0 Å². The van der Waals surface area contributed by atoms with Gasteiger partial charge in [-0.2, -0.15) is 0 Å². The van der Waals surface area contributed by atoms with Crippen molar-refractivity contribution >= 4 is 73.9 Å². The van der Waals surface area contributed by atoms with Crippen molar-refractivity contribution in [2.75, 3.05) is 3.71 Å². The van der Waals surface area contributed by atoms with Gasteiger partial charge in [-0.1, -0.05) is 45.4 Å². The second-order valence-corrected chi connectivity index (χ2v) is 17.3. The molecule has 25 heavy (non-hydrogen) atoms. The van der Waals surface area contributed by atoms with Crippen LogP contribution in [0, 0.1) is 13.8 Å². The van der Waals surface area contributed by atoms with E-state index < -0.39 is 0 Å². The molecule has 0 saturated carbocycles. The lowest BCUT2D eigenvalue weighted by molar-refractivity contribution is 1.15. The van der Waals surface area contributed by atoms with Crippen LogP contribution in [0.5, 0.6) is 0 Å². The minimum atomic E-state index is -0.360. The number of rotatable bonds is 3. The second-order valence-electron chi connectivity index (χ2n) is 5.28. The zero-order valence-corrected chi connectivity index (χ0v) is 19.6. The van der Waals surface area contributed by atoms with E-state index in [1.807, 2.05) is 33.3 Å². The minimum Gasteiger partial charge on any atom is -0.240 e. The van der Waals surface area contributed by atoms with Crippen LogP contribution in [0.15, 0.2) is 69.9 Å². The number of thiol groups is 2. The summed E-state index contributed by atoms with van der Waals surface area (Å²) >= 11 is 1.88. The number of para-hydroxylation sites is 1. The number of nitrogens with zero attached hydrogens (tertiary/aromatic N) is 2. The van der Waals surface area contributed by atoms with E-state index >= 15 is 0 Å². The van der Waals surface area contributed by atoms with Crippen LogP contribution in [-0.2, 0) is 0 Å². The van der Waals surface area contributed by atoms with Gasteiger partial charge in [-0.3, -0.25) is 0 Å². The molecule has 1 aromatic heterocycles. The molecule has 3 aromatic rings. The van der Waals surface area contributed by atoms with Crippen LogP contribution in [0.25, 0.3) is 0 Å². The summed E-state index contributed by atoms with van der Waals surface area (Å²) in [6, 6.07) is 21.6. The Balaban J connectivity index is 0.00000182. The zero-order chi connectivity index (χ0) is 16.5. The number of hydrogen-bond donors (Lipinski definition) is 2. The lowest BCUT2D eigenvalue weighted by atomic mass is 10.3. The maximum Gasteiger partial charge on any atom is 0.149 e. The van der Waals surface area contributed by atoms with Crippen molar-refractivity contribution in [2.45, 2.75) is 23.1 Å². The van der Waals surface area contributed by atoms with Crippen molar-refractivity contribution in [1.29, 1.82) is 0 Å². The van der Waals surface area contributed by atoms with Gasteiger partial charge in [-0.05, 0) is 38.1 Å². The van der Waals surface area contributed by atoms with Crippen LogP contribution in [-0.4, -0.2) is 4.98 Å². The first-order valence-electron chi connectivity index (χ1n) is 7.53. The van der Waals surface area contributed by atoms with Gasteiger partial charge in [-0.25, -0.2) is 8.69 Å². The van der Waals surface area contributed by atoms with E-state index in [4.69, 9.17) is 4.98 Å². The van der Waals surface area contributed by atoms with Gasteiger partial charge in [0.2, 0.25) is 0 Å². The molecule has 0 aliphatic carbocycles. The molecule has 2 unspecified atom stereocenters. The molecular formula is C17H19BrN2S5. The molecular weight excluding hydrogens is 472 g/mol. The van der Waals surface area contributed by atoms with E-state index in [-0.39, 0.29) is 34.9 Å². The maximum absolute atomic E-state index is 4.90. The van der Waals surface area contributed by atoms with Crippen molar-refractivity contribution in [3.63, 3.8) is 0 Å². The number of anilines is 1. The van der Waals surface area contributed by atoms with Crippen molar-refractivity contribution < 1.29 is 0 Å². The van der Waals surface area contributed by atoms with Crippen LogP contribution >= 0.6 is 68.2 Å². The first kappa shape index (κ1) is 19.5. The smallest absolute Gasteiger partial charge is 0.149 e. The summed E-state index contributed by atoms with van der Waals surface area (Å²) in [5, 5.41) is 0. The van der Waals surface area contributed by atoms with Gasteiger partial charge in [0.15, 0.2) is 0 Å². The lowest BCUT2D eigenvalue weighted by Gasteiger charge is -2.21. The Bertz CT molecular complexity index is 808. The van der Waals surface area contributed by atoms with Crippen LogP contribution in [0.2, 0.25) is 0 Å². The van der Waals surface area contributed by atoms with E-state index in [9.17, 15) is 0 Å². The van der Waals surface area contributed by atoms with Gasteiger partial charge in [-0.15, -0.1) is 37.3 Å². The predicted molar refractivity (Wildman–Crippen MR) is 127 cm³/mol. The van der Waals surface area contributed by atoms with E-state index in [0.717, 1.165) is 0 Å². The molecule has 0 radical (unpaired) electrons.